The molecule has 0 radical (unpaired) electrons. The lowest BCUT2D eigenvalue weighted by atomic mass is 10.6. The Labute approximate surface area is 133 Å². The molecular formula is C15H29NO6. The van der Waals surface area contributed by atoms with E-state index in [2.05, 4.69) is 5.92 Å². The van der Waals surface area contributed by atoms with E-state index in [1.807, 2.05) is 0 Å². The number of hydrogen-bond acceptors (Lipinski definition) is 7. The molecule has 0 aromatic carbocycles. The smallest absolute Gasteiger partial charge is 0.107 e. The summed E-state index contributed by atoms with van der Waals surface area (Å²) in [5.41, 5.74) is 5.28. The van der Waals surface area contributed by atoms with E-state index in [-0.39, 0.29) is 0 Å². The molecule has 0 saturated carbocycles. The Kier molecular flexibility index (Phi) is 19.6. The fraction of sp³-hybridized carbons (Fsp3) is 0.867. The third-order valence-electron chi connectivity index (χ3n) is 2.31. The summed E-state index contributed by atoms with van der Waals surface area (Å²) in [5.74, 6) is 2.39. The molecule has 0 heterocycles. The highest BCUT2D eigenvalue weighted by atomic mass is 16.6. The van der Waals surface area contributed by atoms with E-state index in [0.29, 0.717) is 85.8 Å². The molecule has 0 atom stereocenters. The molecule has 22 heavy (non-hydrogen) atoms. The quantitative estimate of drug-likeness (QED) is 0.274. The molecular weight excluding hydrogens is 290 g/mol. The summed E-state index contributed by atoms with van der Waals surface area (Å²) < 4.78 is 31.5. The van der Waals surface area contributed by atoms with Crippen LogP contribution in [0, 0.1) is 12.3 Å². The van der Waals surface area contributed by atoms with Crippen molar-refractivity contribution in [3.8, 4) is 12.3 Å². The zero-order chi connectivity index (χ0) is 16.1. The highest BCUT2D eigenvalue weighted by Gasteiger charge is 1.93. The van der Waals surface area contributed by atoms with Crippen LogP contribution in [0.5, 0.6) is 0 Å². The lowest BCUT2D eigenvalue weighted by Crippen LogP contribution is -2.15. The minimum Gasteiger partial charge on any atom is -0.378 e. The molecule has 130 valence electrons. The number of hydrogen-bond donors (Lipinski definition) is 1. The second-order valence-corrected chi connectivity index (χ2v) is 4.11. The zero-order valence-electron chi connectivity index (χ0n) is 13.3. The van der Waals surface area contributed by atoms with Crippen molar-refractivity contribution in [2.24, 2.45) is 5.73 Å². The van der Waals surface area contributed by atoms with E-state index in [1.54, 1.807) is 0 Å². The average Bonchev–Trinajstić information content (AvgIpc) is 2.54. The SMILES string of the molecule is C#CCOCCOCCOCCOCCOCCOCCN. The predicted molar refractivity (Wildman–Crippen MR) is 82.8 cm³/mol. The maximum Gasteiger partial charge on any atom is 0.107 e. The van der Waals surface area contributed by atoms with Crippen LogP contribution in [0.15, 0.2) is 0 Å². The van der Waals surface area contributed by atoms with Crippen LogP contribution in [-0.2, 0) is 28.4 Å². The van der Waals surface area contributed by atoms with Crippen molar-refractivity contribution in [3.63, 3.8) is 0 Å². The summed E-state index contributed by atoms with van der Waals surface area (Å²) in [6, 6.07) is 0. The van der Waals surface area contributed by atoms with E-state index in [9.17, 15) is 0 Å². The van der Waals surface area contributed by atoms with Gasteiger partial charge < -0.3 is 34.2 Å². The van der Waals surface area contributed by atoms with Crippen LogP contribution in [0.25, 0.3) is 0 Å². The van der Waals surface area contributed by atoms with Crippen LogP contribution in [0.2, 0.25) is 0 Å². The summed E-state index contributed by atoms with van der Waals surface area (Å²) in [6.07, 6.45) is 5.04. The Morgan fingerprint density at radius 3 is 1.18 bits per heavy atom. The molecule has 0 aliphatic rings. The highest BCUT2D eigenvalue weighted by Crippen LogP contribution is 1.84. The minimum atomic E-state index is 0.321. The average molecular weight is 319 g/mol. The van der Waals surface area contributed by atoms with Crippen molar-refractivity contribution < 1.29 is 28.4 Å². The van der Waals surface area contributed by atoms with Crippen LogP contribution < -0.4 is 5.73 Å². The monoisotopic (exact) mass is 319 g/mol. The zero-order valence-corrected chi connectivity index (χ0v) is 13.3. The van der Waals surface area contributed by atoms with Crippen molar-refractivity contribution in [2.75, 3.05) is 85.8 Å². The Morgan fingerprint density at radius 2 is 0.864 bits per heavy atom. The Hall–Kier alpha value is -0.720. The maximum atomic E-state index is 5.34. The van der Waals surface area contributed by atoms with Crippen molar-refractivity contribution in [2.45, 2.75) is 0 Å². The lowest BCUT2D eigenvalue weighted by molar-refractivity contribution is -0.0151. The predicted octanol–water partition coefficient (Wildman–Crippen LogP) is -0.322. The van der Waals surface area contributed by atoms with Crippen molar-refractivity contribution in [3.05, 3.63) is 0 Å². The largest absolute Gasteiger partial charge is 0.378 e. The van der Waals surface area contributed by atoms with Gasteiger partial charge in [0.25, 0.3) is 0 Å². The molecule has 7 nitrogen and oxygen atoms in total. The van der Waals surface area contributed by atoms with E-state index in [1.165, 1.54) is 0 Å². The van der Waals surface area contributed by atoms with Crippen LogP contribution in [-0.4, -0.2) is 85.8 Å². The minimum absolute atomic E-state index is 0.321. The molecule has 0 unspecified atom stereocenters. The van der Waals surface area contributed by atoms with Crippen LogP contribution in [0.3, 0.4) is 0 Å². The summed E-state index contributed by atoms with van der Waals surface area (Å²) in [4.78, 5) is 0. The summed E-state index contributed by atoms with van der Waals surface area (Å²) in [7, 11) is 0. The fourth-order valence-corrected chi connectivity index (χ4v) is 1.31. The second kappa shape index (κ2) is 20.3. The molecule has 0 spiro atoms. The molecule has 0 aromatic heterocycles. The topological polar surface area (TPSA) is 81.4 Å². The molecule has 7 heteroatoms. The number of rotatable bonds is 18. The second-order valence-electron chi connectivity index (χ2n) is 4.11. The van der Waals surface area contributed by atoms with Crippen LogP contribution >= 0.6 is 0 Å². The van der Waals surface area contributed by atoms with Crippen LogP contribution in [0.1, 0.15) is 0 Å². The highest BCUT2D eigenvalue weighted by molar-refractivity contribution is 4.82. The van der Waals surface area contributed by atoms with Crippen LogP contribution in [0.4, 0.5) is 0 Å². The van der Waals surface area contributed by atoms with E-state index in [4.69, 9.17) is 40.6 Å². The van der Waals surface area contributed by atoms with Gasteiger partial charge in [0.05, 0.1) is 72.7 Å². The van der Waals surface area contributed by atoms with E-state index >= 15 is 0 Å². The first-order valence-corrected chi connectivity index (χ1v) is 7.51. The fourth-order valence-electron chi connectivity index (χ4n) is 1.31. The van der Waals surface area contributed by atoms with E-state index in [0.717, 1.165) is 0 Å². The number of nitrogens with two attached hydrogens (primary N) is 1. The van der Waals surface area contributed by atoms with Gasteiger partial charge >= 0.3 is 0 Å². The molecule has 0 fully saturated rings. The number of terminal acetylenes is 1. The Balaban J connectivity index is 2.93. The van der Waals surface area contributed by atoms with Crippen molar-refractivity contribution in [1.29, 1.82) is 0 Å². The Bertz CT molecular complexity index is 247. The van der Waals surface area contributed by atoms with Gasteiger partial charge in [0, 0.05) is 6.54 Å². The molecule has 0 saturated heterocycles. The Morgan fingerprint density at radius 1 is 0.545 bits per heavy atom. The first-order valence-electron chi connectivity index (χ1n) is 7.51. The van der Waals surface area contributed by atoms with Gasteiger partial charge in [0.1, 0.15) is 6.61 Å². The van der Waals surface area contributed by atoms with Crippen molar-refractivity contribution in [1.82, 2.24) is 0 Å². The van der Waals surface area contributed by atoms with Gasteiger partial charge in [-0.25, -0.2) is 0 Å². The summed E-state index contributed by atoms with van der Waals surface area (Å²) in [5, 5.41) is 0. The molecule has 0 aromatic rings. The lowest BCUT2D eigenvalue weighted by Gasteiger charge is -2.07. The molecule has 0 aliphatic carbocycles. The normalized spacial score (nSPS) is 10.7. The number of ether oxygens (including phenoxy) is 6. The van der Waals surface area contributed by atoms with E-state index < -0.39 is 0 Å². The summed E-state index contributed by atoms with van der Waals surface area (Å²) >= 11 is 0. The third kappa shape index (κ3) is 19.3. The first kappa shape index (κ1) is 21.3. The van der Waals surface area contributed by atoms with Gasteiger partial charge in [0.2, 0.25) is 0 Å². The summed E-state index contributed by atoms with van der Waals surface area (Å²) in [6.45, 7) is 6.81. The first-order chi connectivity index (χ1) is 10.9. The van der Waals surface area contributed by atoms with Gasteiger partial charge in [0.15, 0.2) is 0 Å². The van der Waals surface area contributed by atoms with Gasteiger partial charge in [-0.15, -0.1) is 6.42 Å². The van der Waals surface area contributed by atoms with Gasteiger partial charge in [-0.1, -0.05) is 5.92 Å². The van der Waals surface area contributed by atoms with Crippen molar-refractivity contribution >= 4 is 0 Å². The van der Waals surface area contributed by atoms with Gasteiger partial charge in [-0.3, -0.25) is 0 Å². The molecule has 0 bridgehead atoms. The molecule has 0 aliphatic heterocycles. The molecule has 0 rings (SSSR count). The standard InChI is InChI=1S/C15H29NO6/c1-2-4-17-6-8-19-10-12-21-14-15-22-13-11-20-9-7-18-5-3-16/h1H,3-16H2. The molecule has 2 N–H and O–H groups in total. The third-order valence-corrected chi connectivity index (χ3v) is 2.31. The van der Waals surface area contributed by atoms with Gasteiger partial charge in [-0.2, -0.15) is 0 Å². The molecule has 0 amide bonds. The van der Waals surface area contributed by atoms with Gasteiger partial charge in [-0.05, 0) is 0 Å². The maximum absolute atomic E-state index is 5.34.